The maximum absolute atomic E-state index is 13.3. The third-order valence-corrected chi connectivity index (χ3v) is 4.99. The average molecular weight is 403 g/mol. The summed E-state index contributed by atoms with van der Waals surface area (Å²) in [6.45, 7) is 0.206. The first-order chi connectivity index (χ1) is 14.5. The second-order valence-electron chi connectivity index (χ2n) is 6.85. The Morgan fingerprint density at radius 1 is 1.07 bits per heavy atom. The largest absolute Gasteiger partial charge is 0.497 e. The lowest BCUT2D eigenvalue weighted by atomic mass is 9.94. The summed E-state index contributed by atoms with van der Waals surface area (Å²) in [5.74, 6) is -0.220. The van der Waals surface area contributed by atoms with Crippen molar-refractivity contribution in [1.82, 2.24) is 5.32 Å². The number of hydrogen-bond acceptors (Lipinski definition) is 4. The first kappa shape index (κ1) is 19.5. The van der Waals surface area contributed by atoms with Crippen LogP contribution in [0, 0.1) is 0 Å². The third kappa shape index (κ3) is 3.35. The molecular weight excluding hydrogens is 382 g/mol. The molecule has 1 heterocycles. The number of aliphatic hydroxyl groups is 1. The van der Waals surface area contributed by atoms with E-state index in [0.29, 0.717) is 17.1 Å². The van der Waals surface area contributed by atoms with E-state index in [4.69, 9.17) is 4.74 Å². The minimum absolute atomic E-state index is 0.206. The second kappa shape index (κ2) is 7.88. The van der Waals surface area contributed by atoms with E-state index in [2.05, 4.69) is 10.6 Å². The number of para-hydroxylation sites is 1. The van der Waals surface area contributed by atoms with E-state index in [-0.39, 0.29) is 12.1 Å². The normalized spacial score (nSPS) is 17.7. The van der Waals surface area contributed by atoms with Crippen molar-refractivity contribution >= 4 is 23.3 Å². The molecule has 4 rings (SSSR count). The number of rotatable bonds is 5. The number of urea groups is 1. The molecule has 1 aliphatic rings. The molecule has 3 aromatic rings. The number of fused-ring (bicyclic) bond motifs is 1. The zero-order valence-corrected chi connectivity index (χ0v) is 16.3. The highest BCUT2D eigenvalue weighted by Crippen LogP contribution is 2.40. The van der Waals surface area contributed by atoms with Crippen molar-refractivity contribution in [3.8, 4) is 5.75 Å². The number of methoxy groups -OCH3 is 1. The molecule has 0 fully saturated rings. The first-order valence-electron chi connectivity index (χ1n) is 9.43. The van der Waals surface area contributed by atoms with Gasteiger partial charge in [-0.1, -0.05) is 54.6 Å². The van der Waals surface area contributed by atoms with E-state index < -0.39 is 17.7 Å². The van der Waals surface area contributed by atoms with Crippen LogP contribution in [-0.4, -0.2) is 24.2 Å². The molecule has 7 nitrogen and oxygen atoms in total. The molecule has 3 amide bonds. The Kier molecular flexibility index (Phi) is 5.12. The smallest absolute Gasteiger partial charge is 0.329 e. The van der Waals surface area contributed by atoms with Crippen LogP contribution >= 0.6 is 0 Å². The fourth-order valence-corrected chi connectivity index (χ4v) is 3.51. The van der Waals surface area contributed by atoms with Crippen molar-refractivity contribution in [2.45, 2.75) is 12.3 Å². The van der Waals surface area contributed by atoms with Crippen LogP contribution in [0.15, 0.2) is 78.9 Å². The Labute approximate surface area is 173 Å². The molecular formula is C23H21N3O4. The average Bonchev–Trinajstić information content (AvgIpc) is 2.78. The summed E-state index contributed by atoms with van der Waals surface area (Å²) >= 11 is 0. The van der Waals surface area contributed by atoms with Crippen molar-refractivity contribution in [3.05, 3.63) is 90.0 Å². The van der Waals surface area contributed by atoms with Crippen LogP contribution in [0.2, 0.25) is 0 Å². The van der Waals surface area contributed by atoms with E-state index in [0.717, 1.165) is 10.5 Å². The van der Waals surface area contributed by atoms with Gasteiger partial charge >= 0.3 is 6.03 Å². The fourth-order valence-electron chi connectivity index (χ4n) is 3.51. The maximum Gasteiger partial charge on any atom is 0.329 e. The minimum atomic E-state index is -2.25. The van der Waals surface area contributed by atoms with Crippen molar-refractivity contribution in [2.24, 2.45) is 0 Å². The summed E-state index contributed by atoms with van der Waals surface area (Å²) < 4.78 is 5.24. The van der Waals surface area contributed by atoms with Gasteiger partial charge in [0.15, 0.2) is 0 Å². The second-order valence-corrected chi connectivity index (χ2v) is 6.85. The van der Waals surface area contributed by atoms with Gasteiger partial charge in [0.1, 0.15) is 5.75 Å². The number of nitrogens with zero attached hydrogens (tertiary/aromatic N) is 1. The summed E-state index contributed by atoms with van der Waals surface area (Å²) in [6.07, 6.45) is 0. The molecule has 30 heavy (non-hydrogen) atoms. The fraction of sp³-hybridized carbons (Fsp3) is 0.130. The summed E-state index contributed by atoms with van der Waals surface area (Å²) in [7, 11) is 1.50. The molecule has 0 aliphatic carbocycles. The van der Waals surface area contributed by atoms with Gasteiger partial charge in [-0.3, -0.25) is 9.69 Å². The Hall–Kier alpha value is -3.84. The lowest BCUT2D eigenvalue weighted by molar-refractivity contribution is -0.140. The molecule has 1 atom stereocenters. The Bertz CT molecular complexity index is 1090. The first-order valence-corrected chi connectivity index (χ1v) is 9.43. The van der Waals surface area contributed by atoms with E-state index in [1.807, 2.05) is 30.3 Å². The van der Waals surface area contributed by atoms with Crippen LogP contribution in [0.25, 0.3) is 0 Å². The van der Waals surface area contributed by atoms with Gasteiger partial charge in [0.05, 0.1) is 18.5 Å². The van der Waals surface area contributed by atoms with Crippen LogP contribution in [0.1, 0.15) is 11.1 Å². The predicted octanol–water partition coefficient (Wildman–Crippen LogP) is 3.21. The van der Waals surface area contributed by atoms with Gasteiger partial charge in [0.25, 0.3) is 11.6 Å². The van der Waals surface area contributed by atoms with Crippen LogP contribution in [0.4, 0.5) is 16.2 Å². The topological polar surface area (TPSA) is 90.9 Å². The highest BCUT2D eigenvalue weighted by molar-refractivity contribution is 6.11. The molecule has 1 unspecified atom stereocenters. The number of anilines is 2. The lowest BCUT2D eigenvalue weighted by Gasteiger charge is -2.42. The molecule has 0 radical (unpaired) electrons. The van der Waals surface area contributed by atoms with E-state index in [9.17, 15) is 14.7 Å². The molecule has 7 heteroatoms. The number of carbonyl (C=O) groups excluding carboxylic acids is 2. The van der Waals surface area contributed by atoms with Crippen molar-refractivity contribution < 1.29 is 19.4 Å². The quantitative estimate of drug-likeness (QED) is 0.610. The van der Waals surface area contributed by atoms with E-state index in [1.54, 1.807) is 48.5 Å². The summed E-state index contributed by atoms with van der Waals surface area (Å²) in [4.78, 5) is 27.4. The number of benzene rings is 3. The molecule has 0 spiro atoms. The standard InChI is InChI=1S/C23H21N3O4/c1-30-18-11-7-10-17(14-18)26-22(28)25-20-13-6-5-12-19(20)23(26,29)21(27)24-15-16-8-3-2-4-9-16/h2-14,29H,15H2,1H3,(H,24,27)(H,25,28). The molecule has 0 saturated heterocycles. The predicted molar refractivity (Wildman–Crippen MR) is 113 cm³/mol. The minimum Gasteiger partial charge on any atom is -0.497 e. The van der Waals surface area contributed by atoms with E-state index >= 15 is 0 Å². The van der Waals surface area contributed by atoms with Gasteiger partial charge in [-0.25, -0.2) is 4.79 Å². The van der Waals surface area contributed by atoms with Crippen molar-refractivity contribution in [2.75, 3.05) is 17.3 Å². The van der Waals surface area contributed by atoms with Gasteiger partial charge < -0.3 is 20.5 Å². The van der Waals surface area contributed by atoms with Gasteiger partial charge in [0, 0.05) is 18.2 Å². The zero-order chi connectivity index (χ0) is 21.1. The number of ether oxygens (including phenoxy) is 1. The highest BCUT2D eigenvalue weighted by Gasteiger charge is 2.51. The van der Waals surface area contributed by atoms with Gasteiger partial charge in [-0.05, 0) is 23.8 Å². The number of nitrogens with one attached hydrogen (secondary N) is 2. The maximum atomic E-state index is 13.3. The van der Waals surface area contributed by atoms with Crippen LogP contribution in [0.5, 0.6) is 5.75 Å². The molecule has 0 aromatic heterocycles. The molecule has 3 N–H and O–H groups in total. The number of amides is 3. The Balaban J connectivity index is 1.77. The number of carbonyl (C=O) groups is 2. The molecule has 1 aliphatic heterocycles. The lowest BCUT2D eigenvalue weighted by Crippen LogP contribution is -2.62. The molecule has 3 aromatic carbocycles. The highest BCUT2D eigenvalue weighted by atomic mass is 16.5. The van der Waals surface area contributed by atoms with Crippen LogP contribution in [0.3, 0.4) is 0 Å². The summed E-state index contributed by atoms with van der Waals surface area (Å²) in [5.41, 5.74) is -0.410. The Morgan fingerprint density at radius 3 is 2.57 bits per heavy atom. The summed E-state index contributed by atoms with van der Waals surface area (Å²) in [5, 5.41) is 17.2. The van der Waals surface area contributed by atoms with Crippen molar-refractivity contribution in [1.29, 1.82) is 0 Å². The van der Waals surface area contributed by atoms with Crippen LogP contribution in [-0.2, 0) is 17.1 Å². The van der Waals surface area contributed by atoms with Crippen LogP contribution < -0.4 is 20.3 Å². The summed E-state index contributed by atoms with van der Waals surface area (Å²) in [6, 6.07) is 22.0. The van der Waals surface area contributed by atoms with Crippen molar-refractivity contribution in [3.63, 3.8) is 0 Å². The monoisotopic (exact) mass is 403 g/mol. The molecule has 152 valence electrons. The van der Waals surface area contributed by atoms with E-state index in [1.165, 1.54) is 7.11 Å². The third-order valence-electron chi connectivity index (χ3n) is 4.99. The number of hydrogen-bond donors (Lipinski definition) is 3. The van der Waals surface area contributed by atoms with Gasteiger partial charge in [-0.15, -0.1) is 0 Å². The SMILES string of the molecule is COc1cccc(N2C(=O)Nc3ccccc3C2(O)C(=O)NCc2ccccc2)c1. The molecule has 0 bridgehead atoms. The van der Waals surface area contributed by atoms with Gasteiger partial charge in [-0.2, -0.15) is 0 Å². The Morgan fingerprint density at radius 2 is 1.80 bits per heavy atom. The molecule has 0 saturated carbocycles. The van der Waals surface area contributed by atoms with Gasteiger partial charge in [0.2, 0.25) is 0 Å². The zero-order valence-electron chi connectivity index (χ0n) is 16.3.